The number of ether oxygens (including phenoxy) is 2. The number of esters is 2. The zero-order valence-electron chi connectivity index (χ0n) is 12.5. The van der Waals surface area contributed by atoms with Crippen LogP contribution < -0.4 is 4.74 Å². The van der Waals surface area contributed by atoms with Gasteiger partial charge in [0.1, 0.15) is 5.75 Å². The number of hydrogen-bond donors (Lipinski definition) is 0. The third kappa shape index (κ3) is 4.74. The minimum Gasteiger partial charge on any atom is -0.466 e. The van der Waals surface area contributed by atoms with E-state index in [1.54, 1.807) is 19.1 Å². The van der Waals surface area contributed by atoms with Crippen molar-refractivity contribution in [3.05, 3.63) is 54.6 Å². The van der Waals surface area contributed by atoms with Crippen LogP contribution in [0.3, 0.4) is 0 Å². The van der Waals surface area contributed by atoms with E-state index in [9.17, 15) is 9.59 Å². The molecule has 0 radical (unpaired) electrons. The highest BCUT2D eigenvalue weighted by Crippen LogP contribution is 2.23. The highest BCUT2D eigenvalue weighted by molar-refractivity contribution is 5.79. The Balaban J connectivity index is 1.96. The van der Waals surface area contributed by atoms with Crippen molar-refractivity contribution in [3.63, 3.8) is 0 Å². The molecule has 114 valence electrons. The molecule has 0 spiro atoms. The predicted octanol–water partition coefficient (Wildman–Crippen LogP) is 3.60. The fourth-order valence-electron chi connectivity index (χ4n) is 1.99. The van der Waals surface area contributed by atoms with E-state index in [-0.39, 0.29) is 12.8 Å². The minimum atomic E-state index is -0.446. The average molecular weight is 298 g/mol. The van der Waals surface area contributed by atoms with E-state index in [1.165, 1.54) is 0 Å². The van der Waals surface area contributed by atoms with Gasteiger partial charge in [0.2, 0.25) is 0 Å². The van der Waals surface area contributed by atoms with Crippen molar-refractivity contribution in [2.45, 2.75) is 19.8 Å². The molecule has 4 heteroatoms. The van der Waals surface area contributed by atoms with Gasteiger partial charge in [-0.15, -0.1) is 0 Å². The molecule has 0 aliphatic rings. The summed E-state index contributed by atoms with van der Waals surface area (Å²) in [5.41, 5.74) is 2.02. The molecule has 0 fully saturated rings. The Bertz CT molecular complexity index is 635. The van der Waals surface area contributed by atoms with Gasteiger partial charge in [0, 0.05) is 0 Å². The Morgan fingerprint density at radius 1 is 0.864 bits per heavy atom. The summed E-state index contributed by atoms with van der Waals surface area (Å²) in [6.07, 6.45) is 0.0411. The standard InChI is InChI=1S/C18H18O4/c1-2-21-17(19)11-12-18(20)22-16-10-6-9-15(13-16)14-7-4-3-5-8-14/h3-10,13H,2,11-12H2,1H3. The number of rotatable bonds is 6. The maximum atomic E-state index is 11.7. The van der Waals surface area contributed by atoms with E-state index in [2.05, 4.69) is 0 Å². The Hall–Kier alpha value is -2.62. The highest BCUT2D eigenvalue weighted by atomic mass is 16.5. The van der Waals surface area contributed by atoms with Crippen LogP contribution in [0.2, 0.25) is 0 Å². The van der Waals surface area contributed by atoms with E-state index < -0.39 is 11.9 Å². The molecular weight excluding hydrogens is 280 g/mol. The largest absolute Gasteiger partial charge is 0.466 e. The van der Waals surface area contributed by atoms with Crippen molar-refractivity contribution in [2.75, 3.05) is 6.61 Å². The van der Waals surface area contributed by atoms with Crippen molar-refractivity contribution in [1.82, 2.24) is 0 Å². The van der Waals surface area contributed by atoms with Crippen LogP contribution in [-0.4, -0.2) is 18.5 Å². The van der Waals surface area contributed by atoms with Gasteiger partial charge in [0.15, 0.2) is 0 Å². The van der Waals surface area contributed by atoms with Crippen molar-refractivity contribution < 1.29 is 19.1 Å². The van der Waals surface area contributed by atoms with Gasteiger partial charge < -0.3 is 9.47 Å². The van der Waals surface area contributed by atoms with Gasteiger partial charge in [0.25, 0.3) is 0 Å². The van der Waals surface area contributed by atoms with Gasteiger partial charge in [-0.1, -0.05) is 42.5 Å². The lowest BCUT2D eigenvalue weighted by molar-refractivity contribution is -0.146. The average Bonchev–Trinajstić information content (AvgIpc) is 2.54. The Morgan fingerprint density at radius 2 is 1.55 bits per heavy atom. The number of carbonyl (C=O) groups is 2. The monoisotopic (exact) mass is 298 g/mol. The van der Waals surface area contributed by atoms with E-state index in [1.807, 2.05) is 42.5 Å². The normalized spacial score (nSPS) is 10.0. The molecule has 0 saturated carbocycles. The maximum absolute atomic E-state index is 11.7. The first kappa shape index (κ1) is 15.8. The molecule has 0 aromatic heterocycles. The summed E-state index contributed by atoms with van der Waals surface area (Å²) in [6.45, 7) is 2.04. The molecule has 2 aromatic carbocycles. The summed E-state index contributed by atoms with van der Waals surface area (Å²) in [4.78, 5) is 22.9. The minimum absolute atomic E-state index is 0.00833. The smallest absolute Gasteiger partial charge is 0.311 e. The number of hydrogen-bond acceptors (Lipinski definition) is 4. The summed E-state index contributed by atoms with van der Waals surface area (Å²) in [7, 11) is 0. The van der Waals surface area contributed by atoms with E-state index >= 15 is 0 Å². The highest BCUT2D eigenvalue weighted by Gasteiger charge is 2.10. The lowest BCUT2D eigenvalue weighted by Gasteiger charge is -2.07. The van der Waals surface area contributed by atoms with Crippen LogP contribution in [0.4, 0.5) is 0 Å². The Kier molecular flexibility index (Phi) is 5.72. The van der Waals surface area contributed by atoms with Crippen LogP contribution in [0.5, 0.6) is 5.75 Å². The van der Waals surface area contributed by atoms with Gasteiger partial charge in [0.05, 0.1) is 19.4 Å². The van der Waals surface area contributed by atoms with Gasteiger partial charge in [-0.05, 0) is 30.2 Å². The SMILES string of the molecule is CCOC(=O)CCC(=O)Oc1cccc(-c2ccccc2)c1. The molecule has 2 rings (SSSR count). The molecule has 0 heterocycles. The van der Waals surface area contributed by atoms with Crippen molar-refractivity contribution in [3.8, 4) is 16.9 Å². The maximum Gasteiger partial charge on any atom is 0.311 e. The topological polar surface area (TPSA) is 52.6 Å². The van der Waals surface area contributed by atoms with Crippen molar-refractivity contribution in [2.24, 2.45) is 0 Å². The van der Waals surface area contributed by atoms with Crippen molar-refractivity contribution >= 4 is 11.9 Å². The fraction of sp³-hybridized carbons (Fsp3) is 0.222. The molecule has 0 aliphatic heterocycles. The summed E-state index contributed by atoms with van der Waals surface area (Å²) in [5.74, 6) is -0.369. The third-order valence-corrected chi connectivity index (χ3v) is 3.01. The van der Waals surface area contributed by atoms with Crippen LogP contribution in [0, 0.1) is 0 Å². The van der Waals surface area contributed by atoms with Crippen LogP contribution in [-0.2, 0) is 14.3 Å². The lowest BCUT2D eigenvalue weighted by atomic mass is 10.1. The van der Waals surface area contributed by atoms with Crippen LogP contribution >= 0.6 is 0 Å². The van der Waals surface area contributed by atoms with Crippen LogP contribution in [0.15, 0.2) is 54.6 Å². The zero-order valence-corrected chi connectivity index (χ0v) is 12.5. The molecule has 0 bridgehead atoms. The molecule has 22 heavy (non-hydrogen) atoms. The third-order valence-electron chi connectivity index (χ3n) is 3.01. The molecule has 2 aromatic rings. The number of benzene rings is 2. The van der Waals surface area contributed by atoms with Crippen LogP contribution in [0.25, 0.3) is 11.1 Å². The zero-order chi connectivity index (χ0) is 15.8. The fourth-order valence-corrected chi connectivity index (χ4v) is 1.99. The van der Waals surface area contributed by atoms with E-state index in [0.29, 0.717) is 12.4 Å². The first-order valence-electron chi connectivity index (χ1n) is 7.21. The first-order chi connectivity index (χ1) is 10.7. The summed E-state index contributed by atoms with van der Waals surface area (Å²) in [5, 5.41) is 0. The molecule has 0 amide bonds. The van der Waals surface area contributed by atoms with E-state index in [0.717, 1.165) is 11.1 Å². The van der Waals surface area contributed by atoms with Gasteiger partial charge in [-0.2, -0.15) is 0 Å². The van der Waals surface area contributed by atoms with Gasteiger partial charge >= 0.3 is 11.9 Å². The molecule has 4 nitrogen and oxygen atoms in total. The molecule has 0 aliphatic carbocycles. The second-order valence-electron chi connectivity index (χ2n) is 4.67. The molecule has 0 unspecified atom stereocenters. The second-order valence-corrected chi connectivity index (χ2v) is 4.67. The lowest BCUT2D eigenvalue weighted by Crippen LogP contribution is -2.12. The molecule has 0 atom stereocenters. The van der Waals surface area contributed by atoms with Gasteiger partial charge in [-0.3, -0.25) is 9.59 Å². The van der Waals surface area contributed by atoms with Crippen molar-refractivity contribution in [1.29, 1.82) is 0 Å². The Morgan fingerprint density at radius 3 is 2.27 bits per heavy atom. The Labute approximate surface area is 129 Å². The summed E-state index contributed by atoms with van der Waals surface area (Å²) < 4.78 is 10.0. The molecule has 0 N–H and O–H groups in total. The molecular formula is C18H18O4. The number of carbonyl (C=O) groups excluding carboxylic acids is 2. The predicted molar refractivity (Wildman–Crippen MR) is 83.4 cm³/mol. The van der Waals surface area contributed by atoms with E-state index in [4.69, 9.17) is 9.47 Å². The first-order valence-corrected chi connectivity index (χ1v) is 7.21. The van der Waals surface area contributed by atoms with Gasteiger partial charge in [-0.25, -0.2) is 0 Å². The van der Waals surface area contributed by atoms with Crippen LogP contribution in [0.1, 0.15) is 19.8 Å². The second kappa shape index (κ2) is 7.98. The quantitative estimate of drug-likeness (QED) is 0.604. The summed E-state index contributed by atoms with van der Waals surface area (Å²) >= 11 is 0. The summed E-state index contributed by atoms with van der Waals surface area (Å²) in [6, 6.07) is 17.1. The molecule has 0 saturated heterocycles.